The summed E-state index contributed by atoms with van der Waals surface area (Å²) in [6.45, 7) is 7.66. The summed E-state index contributed by atoms with van der Waals surface area (Å²) >= 11 is 0. The second-order valence-corrected chi connectivity index (χ2v) is 13.1. The van der Waals surface area contributed by atoms with E-state index in [9.17, 15) is 19.2 Å². The Hall–Kier alpha value is -5.70. The van der Waals surface area contributed by atoms with Crippen LogP contribution in [0.3, 0.4) is 0 Å². The number of nitrogen functional groups attached to an aromatic ring is 1. The van der Waals surface area contributed by atoms with Crippen molar-refractivity contribution in [3.8, 4) is 0 Å². The minimum atomic E-state index is -1.87. The number of anilines is 4. The van der Waals surface area contributed by atoms with E-state index < -0.39 is 29.5 Å². The molecule has 7 rings (SSSR count). The number of ketones is 2. The van der Waals surface area contributed by atoms with E-state index in [1.807, 2.05) is 32.0 Å². The van der Waals surface area contributed by atoms with E-state index in [1.54, 1.807) is 61.5 Å². The maximum atomic E-state index is 14.7. The summed E-state index contributed by atoms with van der Waals surface area (Å²) in [4.78, 5) is 61.0. The molecule has 4 aromatic carbocycles. The van der Waals surface area contributed by atoms with Crippen LogP contribution in [0.1, 0.15) is 57.9 Å². The van der Waals surface area contributed by atoms with Crippen LogP contribution >= 0.6 is 0 Å². The molecule has 49 heavy (non-hydrogen) atoms. The van der Waals surface area contributed by atoms with Crippen LogP contribution in [0.4, 0.5) is 22.7 Å². The molecule has 1 unspecified atom stereocenters. The number of benzene rings is 4. The normalized spacial score (nSPS) is 17.8. The lowest BCUT2D eigenvalue weighted by molar-refractivity contribution is -0.142. The highest BCUT2D eigenvalue weighted by Crippen LogP contribution is 2.48. The number of rotatable bonds is 8. The van der Waals surface area contributed by atoms with Crippen LogP contribution in [0.25, 0.3) is 5.57 Å². The fraction of sp³-hybridized carbons (Fsp3) is 0.250. The number of carbonyl (C=O) groups excluding carboxylic acids is 4. The first kappa shape index (κ1) is 31.9. The predicted molar refractivity (Wildman–Crippen MR) is 190 cm³/mol. The Labute approximate surface area is 285 Å². The maximum absolute atomic E-state index is 14.7. The predicted octanol–water partition coefficient (Wildman–Crippen LogP) is 6.37. The highest BCUT2D eigenvalue weighted by Gasteiger charge is 2.56. The van der Waals surface area contributed by atoms with Gasteiger partial charge in [-0.3, -0.25) is 14.4 Å². The van der Waals surface area contributed by atoms with Crippen molar-refractivity contribution in [1.82, 2.24) is 0 Å². The molecule has 3 N–H and O–H groups in total. The van der Waals surface area contributed by atoms with Crippen LogP contribution in [0, 0.1) is 19.3 Å². The zero-order valence-electron chi connectivity index (χ0n) is 27.8. The Bertz CT molecular complexity index is 2060. The molecule has 0 saturated carbocycles. The Morgan fingerprint density at radius 1 is 0.857 bits per heavy atom. The van der Waals surface area contributed by atoms with Gasteiger partial charge in [-0.25, -0.2) is 4.79 Å². The summed E-state index contributed by atoms with van der Waals surface area (Å²) in [5, 5.41) is 3.06. The molecule has 2 aliphatic heterocycles. The third-order valence-electron chi connectivity index (χ3n) is 9.92. The highest BCUT2D eigenvalue weighted by atomic mass is 16.5. The number of nitrogens with zero attached hydrogens (tertiary/aromatic N) is 2. The average Bonchev–Trinajstić information content (AvgIpc) is 3.39. The number of allylic oxidation sites excluding steroid dienone is 1. The fourth-order valence-electron chi connectivity index (χ4n) is 7.35. The van der Waals surface area contributed by atoms with E-state index in [0.717, 1.165) is 33.8 Å². The Kier molecular flexibility index (Phi) is 8.06. The van der Waals surface area contributed by atoms with Crippen molar-refractivity contribution >= 4 is 51.8 Å². The lowest BCUT2D eigenvalue weighted by atomic mass is 9.75. The van der Waals surface area contributed by atoms with Crippen LogP contribution < -0.4 is 20.9 Å². The first-order valence-corrected chi connectivity index (χ1v) is 16.5. The van der Waals surface area contributed by atoms with E-state index in [2.05, 4.69) is 27.2 Å². The first-order chi connectivity index (χ1) is 23.6. The second kappa shape index (κ2) is 12.4. The summed E-state index contributed by atoms with van der Waals surface area (Å²) in [6.07, 6.45) is -0.538. The number of hydrogen-bond donors (Lipinski definition) is 2. The molecule has 2 heterocycles. The first-order valence-electron chi connectivity index (χ1n) is 16.5. The van der Waals surface area contributed by atoms with Crippen molar-refractivity contribution in [2.45, 2.75) is 46.7 Å². The zero-order valence-corrected chi connectivity index (χ0v) is 27.8. The topological polar surface area (TPSA) is 122 Å². The maximum Gasteiger partial charge on any atom is 0.342 e. The standard InChI is InChI=1S/C40H38N4O5/c1-4-49-38(47)36-30(26-11-7-5-8-12-26)19-40(37(36)46,20-35(45)27-13-9-6-10-14-27)39(48)42-32-18-34-29(16-25(32)3)22-43-23-44(34)21-28-15-24(2)31(41)17-33(28)43/h5-18H,4,19-23,41H2,1-3H3,(H,42,48). The van der Waals surface area contributed by atoms with Gasteiger partial charge in [0.1, 0.15) is 11.0 Å². The molecular weight excluding hydrogens is 616 g/mol. The van der Waals surface area contributed by atoms with E-state index in [-0.39, 0.29) is 24.4 Å². The Balaban J connectivity index is 1.26. The van der Waals surface area contributed by atoms with Crippen molar-refractivity contribution in [3.63, 3.8) is 0 Å². The number of Topliss-reactive ketones (excluding diaryl/α,β-unsaturated/α-hetero) is 2. The molecule has 3 aliphatic rings. The molecule has 1 aliphatic carbocycles. The number of nitrogens with one attached hydrogen (secondary N) is 1. The average molecular weight is 655 g/mol. The number of nitrogens with two attached hydrogens (primary N) is 1. The molecule has 9 nitrogen and oxygen atoms in total. The molecule has 1 amide bonds. The van der Waals surface area contributed by atoms with Gasteiger partial charge in [0, 0.05) is 47.8 Å². The molecule has 0 fully saturated rings. The van der Waals surface area contributed by atoms with E-state index in [4.69, 9.17) is 10.5 Å². The fourth-order valence-corrected chi connectivity index (χ4v) is 7.35. The molecule has 1 atom stereocenters. The van der Waals surface area contributed by atoms with Crippen LogP contribution in [0.15, 0.2) is 90.5 Å². The molecule has 0 spiro atoms. The van der Waals surface area contributed by atoms with Crippen molar-refractivity contribution < 1.29 is 23.9 Å². The van der Waals surface area contributed by atoms with Crippen molar-refractivity contribution in [2.24, 2.45) is 5.41 Å². The largest absolute Gasteiger partial charge is 0.462 e. The van der Waals surface area contributed by atoms with Gasteiger partial charge in [0.2, 0.25) is 5.91 Å². The molecular formula is C40H38N4O5. The van der Waals surface area contributed by atoms with E-state index in [1.165, 1.54) is 5.56 Å². The van der Waals surface area contributed by atoms with Crippen LogP contribution in [0.5, 0.6) is 0 Å². The van der Waals surface area contributed by atoms with Gasteiger partial charge < -0.3 is 25.6 Å². The molecule has 2 bridgehead atoms. The minimum absolute atomic E-state index is 0.0551. The van der Waals surface area contributed by atoms with Gasteiger partial charge in [-0.05, 0) is 72.7 Å². The summed E-state index contributed by atoms with van der Waals surface area (Å²) in [7, 11) is 0. The SMILES string of the molecule is CCOC(=O)C1=C(c2ccccc2)CC(CC(=O)c2ccccc2)(C(=O)Nc2cc3c(cc2C)CN2CN3Cc3cc(C)c(N)cc32)C1=O. The number of aryl methyl sites for hydroxylation is 2. The summed E-state index contributed by atoms with van der Waals surface area (Å²) in [5.41, 5.74) is 13.1. The van der Waals surface area contributed by atoms with Crippen LogP contribution in [-0.4, -0.2) is 36.7 Å². The van der Waals surface area contributed by atoms with Gasteiger partial charge in [-0.15, -0.1) is 0 Å². The number of ether oxygens (including phenoxy) is 1. The second-order valence-electron chi connectivity index (χ2n) is 13.1. The third kappa shape index (κ3) is 5.55. The van der Waals surface area contributed by atoms with E-state index >= 15 is 0 Å². The highest BCUT2D eigenvalue weighted by molar-refractivity contribution is 6.34. The smallest absolute Gasteiger partial charge is 0.342 e. The number of hydrogen-bond acceptors (Lipinski definition) is 8. The van der Waals surface area contributed by atoms with Crippen molar-refractivity contribution in [1.29, 1.82) is 0 Å². The summed E-state index contributed by atoms with van der Waals surface area (Å²) in [5.74, 6) is -2.51. The summed E-state index contributed by atoms with van der Waals surface area (Å²) < 4.78 is 5.34. The monoisotopic (exact) mass is 654 g/mol. The molecule has 4 aromatic rings. The van der Waals surface area contributed by atoms with Crippen LogP contribution in [-0.2, 0) is 32.2 Å². The number of esters is 1. The lowest BCUT2D eigenvalue weighted by Gasteiger charge is -2.45. The number of fused-ring (bicyclic) bond motifs is 6. The van der Waals surface area contributed by atoms with Crippen molar-refractivity contribution in [3.05, 3.63) is 124 Å². The van der Waals surface area contributed by atoms with Gasteiger partial charge in [0.05, 0.1) is 13.3 Å². The van der Waals surface area contributed by atoms with E-state index in [0.29, 0.717) is 42.1 Å². The quantitative estimate of drug-likeness (QED) is 0.0739. The van der Waals surface area contributed by atoms with Gasteiger partial charge in [0.25, 0.3) is 0 Å². The molecule has 0 radical (unpaired) electrons. The van der Waals surface area contributed by atoms with Crippen molar-refractivity contribution in [2.75, 3.05) is 34.1 Å². The molecule has 9 heteroatoms. The van der Waals surface area contributed by atoms with Gasteiger partial charge >= 0.3 is 5.97 Å². The Morgan fingerprint density at radius 2 is 1.47 bits per heavy atom. The molecule has 248 valence electrons. The number of carbonyl (C=O) groups is 4. The van der Waals surface area contributed by atoms with Gasteiger partial charge in [0.15, 0.2) is 11.6 Å². The summed E-state index contributed by atoms with van der Waals surface area (Å²) in [6, 6.07) is 25.8. The lowest BCUT2D eigenvalue weighted by Crippen LogP contribution is -2.46. The van der Waals surface area contributed by atoms with Gasteiger partial charge in [-0.1, -0.05) is 72.8 Å². The van der Waals surface area contributed by atoms with Gasteiger partial charge in [-0.2, -0.15) is 0 Å². The third-order valence-corrected chi connectivity index (χ3v) is 9.92. The number of amides is 1. The van der Waals surface area contributed by atoms with Crippen LogP contribution in [0.2, 0.25) is 0 Å². The minimum Gasteiger partial charge on any atom is -0.462 e. The molecule has 0 aromatic heterocycles. The Morgan fingerprint density at radius 3 is 2.12 bits per heavy atom. The molecule has 0 saturated heterocycles. The zero-order chi connectivity index (χ0) is 34.4.